The van der Waals surface area contributed by atoms with E-state index in [4.69, 9.17) is 0 Å². The lowest BCUT2D eigenvalue weighted by molar-refractivity contribution is -0.385. The summed E-state index contributed by atoms with van der Waals surface area (Å²) >= 11 is 2.89. The van der Waals surface area contributed by atoms with Crippen LogP contribution in [0.1, 0.15) is 11.1 Å². The summed E-state index contributed by atoms with van der Waals surface area (Å²) in [5.74, 6) is -1.20. The van der Waals surface area contributed by atoms with Crippen LogP contribution in [0.3, 0.4) is 0 Å². The van der Waals surface area contributed by atoms with Gasteiger partial charge in [0, 0.05) is 24.2 Å². The molecule has 0 atom stereocenters. The number of rotatable bonds is 4. The van der Waals surface area contributed by atoms with Crippen LogP contribution >= 0.6 is 15.9 Å². The van der Waals surface area contributed by atoms with Gasteiger partial charge in [0.2, 0.25) is 0 Å². The van der Waals surface area contributed by atoms with E-state index in [0.29, 0.717) is 11.1 Å². The molecule has 2 rings (SSSR count). The summed E-state index contributed by atoms with van der Waals surface area (Å²) in [7, 11) is 0. The molecular weight excluding hydrogens is 346 g/mol. The van der Waals surface area contributed by atoms with Crippen molar-refractivity contribution < 1.29 is 13.7 Å². The maximum atomic E-state index is 13.6. The average Bonchev–Trinajstić information content (AvgIpc) is 2.42. The molecule has 0 saturated heterocycles. The lowest BCUT2D eigenvalue weighted by atomic mass is 10.1. The normalized spacial score (nSPS) is 10.5. The Hall–Kier alpha value is -2.02. The zero-order chi connectivity index (χ0) is 15.6. The highest BCUT2D eigenvalue weighted by Gasteiger charge is 2.12. The molecule has 1 N–H and O–H groups in total. The van der Waals surface area contributed by atoms with Gasteiger partial charge in [0.25, 0.3) is 5.69 Å². The van der Waals surface area contributed by atoms with Crippen LogP contribution in [0.15, 0.2) is 34.8 Å². The van der Waals surface area contributed by atoms with Gasteiger partial charge in [0.05, 0.1) is 15.1 Å². The molecule has 0 heterocycles. The predicted octanol–water partition coefficient (Wildman–Crippen LogP) is 4.56. The molecule has 0 aliphatic heterocycles. The van der Waals surface area contributed by atoms with Crippen LogP contribution in [0.5, 0.6) is 0 Å². The molecule has 2 aromatic rings. The summed E-state index contributed by atoms with van der Waals surface area (Å²) in [6.45, 7) is 1.79. The first kappa shape index (κ1) is 15.4. The largest absolute Gasteiger partial charge is 0.379 e. The summed E-state index contributed by atoms with van der Waals surface area (Å²) in [6, 6.07) is 6.78. The Morgan fingerprint density at radius 2 is 1.95 bits per heavy atom. The molecule has 110 valence electrons. The van der Waals surface area contributed by atoms with Crippen molar-refractivity contribution in [3.05, 3.63) is 67.7 Å². The van der Waals surface area contributed by atoms with Crippen molar-refractivity contribution in [1.29, 1.82) is 0 Å². The molecule has 0 saturated carbocycles. The number of hydrogen-bond acceptors (Lipinski definition) is 3. The van der Waals surface area contributed by atoms with E-state index in [-0.39, 0.29) is 22.4 Å². The van der Waals surface area contributed by atoms with Crippen molar-refractivity contribution in [2.45, 2.75) is 13.5 Å². The number of hydrogen-bond donors (Lipinski definition) is 1. The number of aryl methyl sites for hydroxylation is 1. The molecule has 7 heteroatoms. The number of nitro benzene ring substituents is 1. The fourth-order valence-electron chi connectivity index (χ4n) is 1.82. The van der Waals surface area contributed by atoms with Crippen LogP contribution in [0, 0.1) is 28.7 Å². The SMILES string of the molecule is Cc1ccc(CNc2cc(F)c(Br)cc2F)cc1[N+](=O)[O-]. The van der Waals surface area contributed by atoms with E-state index in [0.717, 1.165) is 12.1 Å². The van der Waals surface area contributed by atoms with Gasteiger partial charge in [-0.25, -0.2) is 8.78 Å². The molecule has 4 nitrogen and oxygen atoms in total. The number of nitrogens with zero attached hydrogens (tertiary/aromatic N) is 1. The number of nitrogens with one attached hydrogen (secondary N) is 1. The molecule has 0 fully saturated rings. The van der Waals surface area contributed by atoms with E-state index < -0.39 is 16.6 Å². The fourth-order valence-corrected chi connectivity index (χ4v) is 2.13. The van der Waals surface area contributed by atoms with E-state index in [1.54, 1.807) is 19.1 Å². The molecule has 0 spiro atoms. The third-order valence-electron chi connectivity index (χ3n) is 2.96. The summed E-state index contributed by atoms with van der Waals surface area (Å²) < 4.78 is 27.0. The maximum absolute atomic E-state index is 13.6. The van der Waals surface area contributed by atoms with Crippen LogP contribution in [0.2, 0.25) is 0 Å². The summed E-state index contributed by atoms with van der Waals surface area (Å²) in [5.41, 5.74) is 1.15. The van der Waals surface area contributed by atoms with E-state index in [1.807, 2.05) is 0 Å². The summed E-state index contributed by atoms with van der Waals surface area (Å²) in [6.07, 6.45) is 0. The lowest BCUT2D eigenvalue weighted by Gasteiger charge is -2.09. The van der Waals surface area contributed by atoms with Gasteiger partial charge in [-0.3, -0.25) is 10.1 Å². The predicted molar refractivity (Wildman–Crippen MR) is 79.2 cm³/mol. The molecule has 0 aliphatic carbocycles. The smallest absolute Gasteiger partial charge is 0.272 e. The van der Waals surface area contributed by atoms with Gasteiger partial charge < -0.3 is 5.32 Å². The van der Waals surface area contributed by atoms with Crippen LogP contribution < -0.4 is 5.32 Å². The van der Waals surface area contributed by atoms with Gasteiger partial charge in [-0.15, -0.1) is 0 Å². The van der Waals surface area contributed by atoms with Crippen LogP contribution in [-0.2, 0) is 6.54 Å². The maximum Gasteiger partial charge on any atom is 0.272 e. The van der Waals surface area contributed by atoms with Crippen LogP contribution in [0.25, 0.3) is 0 Å². The average molecular weight is 357 g/mol. The van der Waals surface area contributed by atoms with Gasteiger partial charge in [-0.1, -0.05) is 12.1 Å². The van der Waals surface area contributed by atoms with Gasteiger partial charge in [-0.05, 0) is 34.5 Å². The van der Waals surface area contributed by atoms with Crippen LogP contribution in [-0.4, -0.2) is 4.92 Å². The molecule has 21 heavy (non-hydrogen) atoms. The van der Waals surface area contributed by atoms with Crippen molar-refractivity contribution in [3.8, 4) is 0 Å². The third-order valence-corrected chi connectivity index (χ3v) is 3.57. The fraction of sp³-hybridized carbons (Fsp3) is 0.143. The van der Waals surface area contributed by atoms with Gasteiger partial charge in [0.15, 0.2) is 0 Å². The van der Waals surface area contributed by atoms with Crippen molar-refractivity contribution >= 4 is 27.3 Å². The zero-order valence-electron chi connectivity index (χ0n) is 11.0. The Bertz CT molecular complexity index is 708. The third kappa shape index (κ3) is 3.55. The van der Waals surface area contributed by atoms with Gasteiger partial charge in [0.1, 0.15) is 11.6 Å². The Balaban J connectivity index is 2.19. The summed E-state index contributed by atoms with van der Waals surface area (Å²) in [5, 5.41) is 13.6. The van der Waals surface area contributed by atoms with Gasteiger partial charge >= 0.3 is 0 Å². The molecule has 2 aromatic carbocycles. The van der Waals surface area contributed by atoms with E-state index in [1.165, 1.54) is 6.07 Å². The molecule has 0 aliphatic rings. The Morgan fingerprint density at radius 3 is 2.62 bits per heavy atom. The minimum absolute atomic E-state index is 0.000993. The molecule has 0 unspecified atom stereocenters. The molecule has 0 radical (unpaired) electrons. The number of nitro groups is 1. The van der Waals surface area contributed by atoms with Crippen molar-refractivity contribution in [2.75, 3.05) is 5.32 Å². The second-order valence-electron chi connectivity index (χ2n) is 4.48. The summed E-state index contributed by atoms with van der Waals surface area (Å²) in [4.78, 5) is 10.4. The van der Waals surface area contributed by atoms with Gasteiger partial charge in [-0.2, -0.15) is 0 Å². The molecular formula is C14H11BrF2N2O2. The molecule has 0 bridgehead atoms. The Morgan fingerprint density at radius 1 is 1.24 bits per heavy atom. The lowest BCUT2D eigenvalue weighted by Crippen LogP contribution is -2.03. The van der Waals surface area contributed by atoms with E-state index in [2.05, 4.69) is 21.2 Å². The first-order valence-corrected chi connectivity index (χ1v) is 6.80. The highest BCUT2D eigenvalue weighted by atomic mass is 79.9. The Kier molecular flexibility index (Phi) is 4.52. The number of benzene rings is 2. The second kappa shape index (κ2) is 6.17. The van der Waals surface area contributed by atoms with Crippen LogP contribution in [0.4, 0.5) is 20.2 Å². The topological polar surface area (TPSA) is 55.2 Å². The van der Waals surface area contributed by atoms with Crippen molar-refractivity contribution in [2.24, 2.45) is 0 Å². The van der Waals surface area contributed by atoms with E-state index in [9.17, 15) is 18.9 Å². The Labute approximate surface area is 128 Å². The van der Waals surface area contributed by atoms with E-state index >= 15 is 0 Å². The first-order valence-electron chi connectivity index (χ1n) is 6.01. The zero-order valence-corrected chi connectivity index (χ0v) is 12.6. The molecule has 0 aromatic heterocycles. The number of halogens is 3. The monoisotopic (exact) mass is 356 g/mol. The first-order chi connectivity index (χ1) is 9.88. The quantitative estimate of drug-likeness (QED) is 0.496. The number of anilines is 1. The van der Waals surface area contributed by atoms with Crippen molar-refractivity contribution in [3.63, 3.8) is 0 Å². The minimum Gasteiger partial charge on any atom is -0.379 e. The minimum atomic E-state index is -0.607. The standard InChI is InChI=1S/C14H11BrF2N2O2/c1-8-2-3-9(4-14(8)19(20)21)7-18-13-6-11(16)10(15)5-12(13)17/h2-6,18H,7H2,1H3. The van der Waals surface area contributed by atoms with Crippen molar-refractivity contribution in [1.82, 2.24) is 0 Å². The highest BCUT2D eigenvalue weighted by molar-refractivity contribution is 9.10. The highest BCUT2D eigenvalue weighted by Crippen LogP contribution is 2.24. The second-order valence-corrected chi connectivity index (χ2v) is 5.33. The molecule has 0 amide bonds.